The lowest BCUT2D eigenvalue weighted by Crippen LogP contribution is -2.45. The summed E-state index contributed by atoms with van der Waals surface area (Å²) >= 11 is 0. The van der Waals surface area contributed by atoms with E-state index in [2.05, 4.69) is 38.3 Å². The van der Waals surface area contributed by atoms with Crippen LogP contribution in [0.15, 0.2) is 24.3 Å². The third-order valence-corrected chi connectivity index (χ3v) is 3.98. The lowest BCUT2D eigenvalue weighted by molar-refractivity contribution is -0.138. The molecule has 0 saturated heterocycles. The summed E-state index contributed by atoms with van der Waals surface area (Å²) in [5.41, 5.74) is 0.824. The van der Waals surface area contributed by atoms with E-state index >= 15 is 0 Å². The monoisotopic (exact) mass is 318 g/mol. The molecule has 1 rings (SSSR count). The minimum atomic E-state index is -1.10. The van der Waals surface area contributed by atoms with Crippen LogP contribution in [-0.4, -0.2) is 18.4 Å². The molecule has 0 aliphatic rings. The fourth-order valence-corrected chi connectivity index (χ4v) is 2.04. The molecule has 0 saturated carbocycles. The molecule has 0 aromatic heterocycles. The molecule has 4 heteroatoms. The molecule has 0 unspecified atom stereocenters. The maximum atomic E-state index is 12.4. The molecule has 0 aliphatic heterocycles. The van der Waals surface area contributed by atoms with Gasteiger partial charge in [-0.1, -0.05) is 39.8 Å². The first kappa shape index (κ1) is 19.2. The van der Waals surface area contributed by atoms with E-state index in [1.165, 1.54) is 5.56 Å². The van der Waals surface area contributed by atoms with Gasteiger partial charge >= 0.3 is 0 Å². The van der Waals surface area contributed by atoms with Crippen LogP contribution in [0.1, 0.15) is 59.4 Å². The zero-order valence-corrected chi connectivity index (χ0v) is 15.2. The molecule has 0 fully saturated rings. The Morgan fingerprint density at radius 2 is 1.57 bits per heavy atom. The van der Waals surface area contributed by atoms with Crippen LogP contribution in [0.2, 0.25) is 0 Å². The number of carbonyl (C=O) groups excluding carboxylic acids is 2. The number of nitrogens with one attached hydrogen (secondary N) is 2. The van der Waals surface area contributed by atoms with E-state index in [-0.39, 0.29) is 11.8 Å². The van der Waals surface area contributed by atoms with Gasteiger partial charge in [0, 0.05) is 12.2 Å². The molecule has 1 aromatic rings. The third kappa shape index (κ3) is 5.70. The summed E-state index contributed by atoms with van der Waals surface area (Å²) in [7, 11) is 0. The van der Waals surface area contributed by atoms with E-state index in [1.54, 1.807) is 13.8 Å². The number of benzene rings is 1. The number of hydrogen-bond donors (Lipinski definition) is 2. The van der Waals surface area contributed by atoms with Gasteiger partial charge in [0.25, 0.3) is 0 Å². The second kappa shape index (κ2) is 8.14. The van der Waals surface area contributed by atoms with E-state index < -0.39 is 5.41 Å². The van der Waals surface area contributed by atoms with Gasteiger partial charge in [0.1, 0.15) is 5.41 Å². The summed E-state index contributed by atoms with van der Waals surface area (Å²) < 4.78 is 0. The minimum absolute atomic E-state index is 0.241. The summed E-state index contributed by atoms with van der Waals surface area (Å²) in [4.78, 5) is 24.7. The highest BCUT2D eigenvalue weighted by Crippen LogP contribution is 2.21. The van der Waals surface area contributed by atoms with Gasteiger partial charge in [0.05, 0.1) is 0 Å². The molecule has 23 heavy (non-hydrogen) atoms. The maximum absolute atomic E-state index is 12.4. The summed E-state index contributed by atoms with van der Waals surface area (Å²) in [5.74, 6) is 0.431. The highest BCUT2D eigenvalue weighted by atomic mass is 16.2. The van der Waals surface area contributed by atoms with Crippen molar-refractivity contribution in [2.24, 2.45) is 11.3 Å². The predicted octanol–water partition coefficient (Wildman–Crippen LogP) is 3.94. The molecule has 4 nitrogen and oxygen atoms in total. The Hall–Kier alpha value is -1.84. The lowest BCUT2D eigenvalue weighted by atomic mass is 9.90. The van der Waals surface area contributed by atoms with Gasteiger partial charge in [0.15, 0.2) is 0 Å². The van der Waals surface area contributed by atoms with Crippen LogP contribution in [0.4, 0.5) is 5.69 Å². The molecular weight excluding hydrogens is 288 g/mol. The minimum Gasteiger partial charge on any atom is -0.355 e. The summed E-state index contributed by atoms with van der Waals surface area (Å²) in [5, 5.41) is 5.67. The van der Waals surface area contributed by atoms with Crippen molar-refractivity contribution in [3.63, 3.8) is 0 Å². The standard InChI is InChI=1S/C19H30N2O2/c1-13(2)11-12-20-17(22)19(5,6)18(23)21-16-9-7-15(8-10-16)14(3)4/h7-10,13-14H,11-12H2,1-6H3,(H,20,22)(H,21,23). The van der Waals surface area contributed by atoms with Crippen LogP contribution < -0.4 is 10.6 Å². The van der Waals surface area contributed by atoms with Gasteiger partial charge in [-0.05, 0) is 49.8 Å². The second-order valence-corrected chi connectivity index (χ2v) is 7.29. The zero-order valence-electron chi connectivity index (χ0n) is 15.2. The van der Waals surface area contributed by atoms with Gasteiger partial charge in [-0.15, -0.1) is 0 Å². The average Bonchev–Trinajstić information content (AvgIpc) is 2.47. The van der Waals surface area contributed by atoms with Crippen molar-refractivity contribution in [3.8, 4) is 0 Å². The number of hydrogen-bond acceptors (Lipinski definition) is 2. The summed E-state index contributed by atoms with van der Waals surface area (Å²) in [6.07, 6.45) is 0.903. The van der Waals surface area contributed by atoms with Crippen LogP contribution in [0.5, 0.6) is 0 Å². The van der Waals surface area contributed by atoms with Gasteiger partial charge in [0.2, 0.25) is 11.8 Å². The summed E-state index contributed by atoms with van der Waals surface area (Å²) in [6, 6.07) is 7.74. The molecule has 0 heterocycles. The average molecular weight is 318 g/mol. The van der Waals surface area contributed by atoms with Crippen LogP contribution in [-0.2, 0) is 9.59 Å². The van der Waals surface area contributed by atoms with Gasteiger partial charge in [-0.25, -0.2) is 0 Å². The topological polar surface area (TPSA) is 58.2 Å². The van der Waals surface area contributed by atoms with Crippen molar-refractivity contribution >= 4 is 17.5 Å². The molecule has 2 amide bonds. The quantitative estimate of drug-likeness (QED) is 0.748. The van der Waals surface area contributed by atoms with Crippen molar-refractivity contribution in [1.29, 1.82) is 0 Å². The largest absolute Gasteiger partial charge is 0.355 e. The van der Waals surface area contributed by atoms with E-state index in [1.807, 2.05) is 24.3 Å². The van der Waals surface area contributed by atoms with Crippen LogP contribution in [0.25, 0.3) is 0 Å². The van der Waals surface area contributed by atoms with Crippen molar-refractivity contribution in [2.75, 3.05) is 11.9 Å². The Balaban J connectivity index is 2.65. The molecule has 128 valence electrons. The normalized spacial score (nSPS) is 11.7. The maximum Gasteiger partial charge on any atom is 0.239 e. The van der Waals surface area contributed by atoms with E-state index in [9.17, 15) is 9.59 Å². The lowest BCUT2D eigenvalue weighted by Gasteiger charge is -2.23. The van der Waals surface area contributed by atoms with Crippen molar-refractivity contribution < 1.29 is 9.59 Å². The number of carbonyl (C=O) groups is 2. The van der Waals surface area contributed by atoms with Gasteiger partial charge in [-0.3, -0.25) is 9.59 Å². The van der Waals surface area contributed by atoms with Gasteiger partial charge < -0.3 is 10.6 Å². The van der Waals surface area contributed by atoms with E-state index in [0.717, 1.165) is 6.42 Å². The van der Waals surface area contributed by atoms with E-state index in [0.29, 0.717) is 24.1 Å². The van der Waals surface area contributed by atoms with Crippen LogP contribution in [0, 0.1) is 11.3 Å². The Bertz CT molecular complexity index is 531. The number of rotatable bonds is 7. The molecule has 1 aromatic carbocycles. The Labute approximate surface area is 140 Å². The molecule has 0 radical (unpaired) electrons. The second-order valence-electron chi connectivity index (χ2n) is 7.29. The molecule has 0 aliphatic carbocycles. The first-order chi connectivity index (χ1) is 10.6. The van der Waals surface area contributed by atoms with Crippen molar-refractivity contribution in [1.82, 2.24) is 5.32 Å². The molecule has 2 N–H and O–H groups in total. The fraction of sp³-hybridized carbons (Fsp3) is 0.579. The Kier molecular flexibility index (Phi) is 6.79. The predicted molar refractivity (Wildman–Crippen MR) is 95.4 cm³/mol. The Morgan fingerprint density at radius 3 is 2.04 bits per heavy atom. The van der Waals surface area contributed by atoms with Crippen molar-refractivity contribution in [2.45, 2.75) is 53.9 Å². The molecular formula is C19H30N2O2. The highest BCUT2D eigenvalue weighted by Gasteiger charge is 2.35. The smallest absolute Gasteiger partial charge is 0.239 e. The first-order valence-electron chi connectivity index (χ1n) is 8.34. The van der Waals surface area contributed by atoms with Crippen LogP contribution in [0.3, 0.4) is 0 Å². The highest BCUT2D eigenvalue weighted by molar-refractivity contribution is 6.09. The third-order valence-electron chi connectivity index (χ3n) is 3.98. The fourth-order valence-electron chi connectivity index (χ4n) is 2.04. The van der Waals surface area contributed by atoms with Crippen LogP contribution >= 0.6 is 0 Å². The first-order valence-corrected chi connectivity index (χ1v) is 8.34. The number of amides is 2. The number of anilines is 1. The zero-order chi connectivity index (χ0) is 17.6. The molecule has 0 bridgehead atoms. The van der Waals surface area contributed by atoms with Crippen molar-refractivity contribution in [3.05, 3.63) is 29.8 Å². The summed E-state index contributed by atoms with van der Waals surface area (Å²) in [6.45, 7) is 12.3. The van der Waals surface area contributed by atoms with E-state index in [4.69, 9.17) is 0 Å². The Morgan fingerprint density at radius 1 is 1.00 bits per heavy atom. The van der Waals surface area contributed by atoms with Gasteiger partial charge in [-0.2, -0.15) is 0 Å². The SMILES string of the molecule is CC(C)CCNC(=O)C(C)(C)C(=O)Nc1ccc(C(C)C)cc1. The molecule has 0 spiro atoms. The molecule has 0 atom stereocenters.